The van der Waals surface area contributed by atoms with Gasteiger partial charge in [-0.15, -0.1) is 0 Å². The molecule has 0 unspecified atom stereocenters. The maximum atomic E-state index is 10.9. The fourth-order valence-electron chi connectivity index (χ4n) is 2.01. The smallest absolute Gasteiger partial charge is 0.311 e. The standard InChI is InChI=1S/C11H16N4O2S/c1-18-11(5-2-6-11)7-13-10-8(15(16)17)3-4-9(12)14-10/h3-4H,2,5-7H2,1H3,(H3,12,13,14). The highest BCUT2D eigenvalue weighted by Gasteiger charge is 2.36. The quantitative estimate of drug-likeness (QED) is 0.628. The van der Waals surface area contributed by atoms with Crippen LogP contribution in [-0.4, -0.2) is 27.5 Å². The van der Waals surface area contributed by atoms with Gasteiger partial charge in [0.25, 0.3) is 0 Å². The van der Waals surface area contributed by atoms with Crippen molar-refractivity contribution >= 4 is 29.1 Å². The Morgan fingerprint density at radius 3 is 2.83 bits per heavy atom. The molecule has 0 aliphatic heterocycles. The largest absolute Gasteiger partial charge is 0.384 e. The van der Waals surface area contributed by atoms with E-state index in [0.29, 0.717) is 6.54 Å². The molecule has 1 aliphatic carbocycles. The van der Waals surface area contributed by atoms with Gasteiger partial charge in [0.15, 0.2) is 0 Å². The van der Waals surface area contributed by atoms with Gasteiger partial charge in [-0.05, 0) is 25.2 Å². The van der Waals surface area contributed by atoms with Gasteiger partial charge in [-0.3, -0.25) is 10.1 Å². The second kappa shape index (κ2) is 5.01. The number of nitrogens with two attached hydrogens (primary N) is 1. The normalized spacial score (nSPS) is 16.9. The first-order valence-electron chi connectivity index (χ1n) is 5.76. The van der Waals surface area contributed by atoms with Crippen LogP contribution in [-0.2, 0) is 0 Å². The van der Waals surface area contributed by atoms with E-state index in [1.807, 2.05) is 0 Å². The summed E-state index contributed by atoms with van der Waals surface area (Å²) in [6, 6.07) is 2.83. The summed E-state index contributed by atoms with van der Waals surface area (Å²) >= 11 is 1.81. The van der Waals surface area contributed by atoms with Crippen molar-refractivity contribution in [3.63, 3.8) is 0 Å². The Labute approximate surface area is 110 Å². The molecule has 1 heterocycles. The molecular formula is C11H16N4O2S. The van der Waals surface area contributed by atoms with Gasteiger partial charge in [0, 0.05) is 17.4 Å². The van der Waals surface area contributed by atoms with Gasteiger partial charge in [-0.25, -0.2) is 4.98 Å². The van der Waals surface area contributed by atoms with Gasteiger partial charge in [-0.2, -0.15) is 11.8 Å². The number of nitrogens with zero attached hydrogens (tertiary/aromatic N) is 2. The van der Waals surface area contributed by atoms with E-state index in [9.17, 15) is 10.1 Å². The van der Waals surface area contributed by atoms with Gasteiger partial charge < -0.3 is 11.1 Å². The number of nitrogens with one attached hydrogen (secondary N) is 1. The highest BCUT2D eigenvalue weighted by molar-refractivity contribution is 8.00. The molecule has 7 heteroatoms. The lowest BCUT2D eigenvalue weighted by atomic mass is 9.84. The number of nitrogen functional groups attached to an aromatic ring is 1. The lowest BCUT2D eigenvalue weighted by Crippen LogP contribution is -2.40. The maximum Gasteiger partial charge on any atom is 0.311 e. The summed E-state index contributed by atoms with van der Waals surface area (Å²) in [5.74, 6) is 0.551. The molecule has 0 aromatic carbocycles. The van der Waals surface area contributed by atoms with Crippen LogP contribution in [0.5, 0.6) is 0 Å². The molecule has 1 aromatic rings. The third-order valence-corrected chi connectivity index (χ3v) is 4.79. The van der Waals surface area contributed by atoms with Crippen molar-refractivity contribution < 1.29 is 4.92 Å². The highest BCUT2D eigenvalue weighted by atomic mass is 32.2. The number of pyridine rings is 1. The average Bonchev–Trinajstić information content (AvgIpc) is 2.28. The average molecular weight is 268 g/mol. The number of hydrogen-bond donors (Lipinski definition) is 2. The molecule has 1 aliphatic rings. The van der Waals surface area contributed by atoms with E-state index in [2.05, 4.69) is 16.6 Å². The van der Waals surface area contributed by atoms with Crippen LogP contribution in [0.3, 0.4) is 0 Å². The number of hydrogen-bond acceptors (Lipinski definition) is 6. The molecule has 2 rings (SSSR count). The van der Waals surface area contributed by atoms with Crippen LogP contribution in [0.25, 0.3) is 0 Å². The zero-order valence-electron chi connectivity index (χ0n) is 10.2. The van der Waals surface area contributed by atoms with Crippen molar-refractivity contribution in [2.45, 2.75) is 24.0 Å². The van der Waals surface area contributed by atoms with Crippen molar-refractivity contribution in [2.75, 3.05) is 23.9 Å². The Hall–Kier alpha value is -1.50. The molecular weight excluding hydrogens is 252 g/mol. The van der Waals surface area contributed by atoms with Crippen molar-refractivity contribution in [1.29, 1.82) is 0 Å². The Kier molecular flexibility index (Phi) is 3.60. The number of nitro groups is 1. The predicted molar refractivity (Wildman–Crippen MR) is 73.9 cm³/mol. The lowest BCUT2D eigenvalue weighted by Gasteiger charge is -2.40. The summed E-state index contributed by atoms with van der Waals surface area (Å²) in [6.45, 7) is 0.686. The summed E-state index contributed by atoms with van der Waals surface area (Å²) in [7, 11) is 0. The van der Waals surface area contributed by atoms with Crippen LogP contribution in [0.2, 0.25) is 0 Å². The van der Waals surface area contributed by atoms with Crippen molar-refractivity contribution in [1.82, 2.24) is 4.98 Å². The summed E-state index contributed by atoms with van der Waals surface area (Å²) in [4.78, 5) is 14.5. The molecule has 18 heavy (non-hydrogen) atoms. The Morgan fingerprint density at radius 2 is 2.33 bits per heavy atom. The van der Waals surface area contributed by atoms with E-state index in [-0.39, 0.29) is 22.1 Å². The van der Waals surface area contributed by atoms with E-state index >= 15 is 0 Å². The zero-order chi connectivity index (χ0) is 13.2. The first kappa shape index (κ1) is 12.9. The molecule has 1 aromatic heterocycles. The molecule has 3 N–H and O–H groups in total. The summed E-state index contributed by atoms with van der Waals surface area (Å²) in [5.41, 5.74) is 5.54. The molecule has 98 valence electrons. The Bertz CT molecular complexity index is 457. The number of anilines is 2. The fraction of sp³-hybridized carbons (Fsp3) is 0.545. The minimum Gasteiger partial charge on any atom is -0.384 e. The van der Waals surface area contributed by atoms with Gasteiger partial charge in [-0.1, -0.05) is 6.42 Å². The topological polar surface area (TPSA) is 94.1 Å². The minimum absolute atomic E-state index is 0.0280. The molecule has 0 bridgehead atoms. The van der Waals surface area contributed by atoms with E-state index < -0.39 is 4.92 Å². The van der Waals surface area contributed by atoms with E-state index in [1.165, 1.54) is 18.6 Å². The lowest BCUT2D eigenvalue weighted by molar-refractivity contribution is -0.384. The Morgan fingerprint density at radius 1 is 1.61 bits per heavy atom. The van der Waals surface area contributed by atoms with E-state index in [0.717, 1.165) is 12.8 Å². The van der Waals surface area contributed by atoms with Crippen molar-refractivity contribution in [2.24, 2.45) is 0 Å². The molecule has 0 atom stereocenters. The zero-order valence-corrected chi connectivity index (χ0v) is 11.0. The van der Waals surface area contributed by atoms with Crippen LogP contribution < -0.4 is 11.1 Å². The molecule has 1 saturated carbocycles. The number of rotatable bonds is 5. The van der Waals surface area contributed by atoms with E-state index in [4.69, 9.17) is 5.73 Å². The van der Waals surface area contributed by atoms with Gasteiger partial charge in [0.05, 0.1) is 4.92 Å². The van der Waals surface area contributed by atoms with Gasteiger partial charge in [0.2, 0.25) is 5.82 Å². The molecule has 0 spiro atoms. The monoisotopic (exact) mass is 268 g/mol. The van der Waals surface area contributed by atoms with Crippen molar-refractivity contribution in [3.05, 3.63) is 22.2 Å². The van der Waals surface area contributed by atoms with Crippen LogP contribution >= 0.6 is 11.8 Å². The first-order valence-corrected chi connectivity index (χ1v) is 6.99. The maximum absolute atomic E-state index is 10.9. The second-order valence-corrected chi connectivity index (χ2v) is 5.73. The van der Waals surface area contributed by atoms with Gasteiger partial charge in [0.1, 0.15) is 5.82 Å². The first-order chi connectivity index (χ1) is 8.56. The van der Waals surface area contributed by atoms with Crippen LogP contribution in [0.4, 0.5) is 17.3 Å². The fourth-order valence-corrected chi connectivity index (χ4v) is 2.93. The van der Waals surface area contributed by atoms with Crippen molar-refractivity contribution in [3.8, 4) is 0 Å². The Balaban J connectivity index is 2.12. The molecule has 0 amide bonds. The number of aromatic nitrogens is 1. The van der Waals surface area contributed by atoms with Crippen LogP contribution in [0.15, 0.2) is 12.1 Å². The number of thioether (sulfide) groups is 1. The second-order valence-electron chi connectivity index (χ2n) is 4.46. The molecule has 0 saturated heterocycles. The van der Waals surface area contributed by atoms with Crippen LogP contribution in [0.1, 0.15) is 19.3 Å². The van der Waals surface area contributed by atoms with Gasteiger partial charge >= 0.3 is 5.69 Å². The summed E-state index contributed by atoms with van der Waals surface area (Å²) in [5, 5.41) is 14.0. The van der Waals surface area contributed by atoms with Crippen LogP contribution in [0, 0.1) is 10.1 Å². The molecule has 6 nitrogen and oxygen atoms in total. The third kappa shape index (κ3) is 2.50. The predicted octanol–water partition coefficient (Wildman–Crippen LogP) is 2.27. The third-order valence-electron chi connectivity index (χ3n) is 3.37. The SMILES string of the molecule is CSC1(CNc2nc(N)ccc2[N+](=O)[O-])CCC1. The highest BCUT2D eigenvalue weighted by Crippen LogP contribution is 2.43. The minimum atomic E-state index is -0.443. The summed E-state index contributed by atoms with van der Waals surface area (Å²) in [6.07, 6.45) is 5.56. The molecule has 1 fully saturated rings. The summed E-state index contributed by atoms with van der Waals surface area (Å²) < 4.78 is 0.195. The van der Waals surface area contributed by atoms with E-state index in [1.54, 1.807) is 11.8 Å². The molecule has 0 radical (unpaired) electrons.